The fraction of sp³-hybridized carbons (Fsp3) is 0.400. The Morgan fingerprint density at radius 2 is 2.39 bits per heavy atom. The van der Waals surface area contributed by atoms with Crippen molar-refractivity contribution in [1.29, 1.82) is 0 Å². The summed E-state index contributed by atoms with van der Waals surface area (Å²) in [6.07, 6.45) is 1.63. The molecule has 8 heteroatoms. The van der Waals surface area contributed by atoms with E-state index in [4.69, 9.17) is 0 Å². The Hall–Kier alpha value is -1.96. The van der Waals surface area contributed by atoms with Gasteiger partial charge in [0.25, 0.3) is 0 Å². The van der Waals surface area contributed by atoms with Crippen LogP contribution in [0.2, 0.25) is 0 Å². The lowest BCUT2D eigenvalue weighted by Crippen LogP contribution is -2.01. The Labute approximate surface area is 108 Å². The van der Waals surface area contributed by atoms with E-state index < -0.39 is 0 Å². The maximum atomic E-state index is 11.4. The maximum absolute atomic E-state index is 11.4. The van der Waals surface area contributed by atoms with Gasteiger partial charge in [0.05, 0.1) is 19.3 Å². The van der Waals surface area contributed by atoms with Crippen molar-refractivity contribution in [3.05, 3.63) is 22.7 Å². The van der Waals surface area contributed by atoms with Gasteiger partial charge in [-0.2, -0.15) is 5.10 Å². The molecule has 2 rings (SSSR count). The summed E-state index contributed by atoms with van der Waals surface area (Å²) in [5.41, 5.74) is 0.656. The van der Waals surface area contributed by atoms with Gasteiger partial charge in [-0.3, -0.25) is 4.68 Å². The van der Waals surface area contributed by atoms with Crippen LogP contribution in [0.3, 0.4) is 0 Å². The molecule has 0 unspecified atom stereocenters. The van der Waals surface area contributed by atoms with Crippen molar-refractivity contribution in [2.75, 3.05) is 12.4 Å². The summed E-state index contributed by atoms with van der Waals surface area (Å²) < 4.78 is 6.30. The highest BCUT2D eigenvalue weighted by atomic mass is 32.1. The minimum absolute atomic E-state index is 0.367. The number of ether oxygens (including phenoxy) is 1. The van der Waals surface area contributed by atoms with E-state index in [1.54, 1.807) is 25.0 Å². The molecular weight excluding hydrogens is 254 g/mol. The lowest BCUT2D eigenvalue weighted by Gasteiger charge is -1.97. The molecule has 0 radical (unpaired) electrons. The minimum Gasteiger partial charge on any atom is -0.465 e. The van der Waals surface area contributed by atoms with Crippen molar-refractivity contribution in [3.8, 4) is 0 Å². The van der Waals surface area contributed by atoms with Gasteiger partial charge in [-0.05, 0) is 6.92 Å². The number of aromatic nitrogens is 4. The Kier molecular flexibility index (Phi) is 3.56. The van der Waals surface area contributed by atoms with Crippen LogP contribution in [-0.2, 0) is 18.3 Å². The molecule has 0 aliphatic heterocycles. The van der Waals surface area contributed by atoms with Crippen molar-refractivity contribution >= 4 is 22.4 Å². The number of anilines is 1. The fourth-order valence-corrected chi connectivity index (χ4v) is 2.25. The molecule has 0 aromatic carbocycles. The molecule has 0 aliphatic carbocycles. The summed E-state index contributed by atoms with van der Waals surface area (Å²) in [5, 5.41) is 7.86. The first kappa shape index (κ1) is 12.5. The second kappa shape index (κ2) is 5.13. The van der Waals surface area contributed by atoms with Crippen molar-refractivity contribution in [2.24, 2.45) is 7.05 Å². The van der Waals surface area contributed by atoms with Gasteiger partial charge in [0.1, 0.15) is 11.2 Å². The zero-order valence-electron chi connectivity index (χ0n) is 10.3. The number of hydrogen-bond acceptors (Lipinski definition) is 7. The van der Waals surface area contributed by atoms with E-state index in [-0.39, 0.29) is 5.97 Å². The van der Waals surface area contributed by atoms with E-state index in [0.717, 1.165) is 0 Å². The second-order valence-corrected chi connectivity index (χ2v) is 4.61. The van der Waals surface area contributed by atoms with Crippen LogP contribution in [0.25, 0.3) is 0 Å². The lowest BCUT2D eigenvalue weighted by atomic mass is 10.4. The number of rotatable bonds is 4. The van der Waals surface area contributed by atoms with Crippen LogP contribution >= 0.6 is 11.3 Å². The SMILES string of the molecule is COC(=O)c1sc(NCc2ncn(C)n2)nc1C. The van der Waals surface area contributed by atoms with Crippen LogP contribution in [0, 0.1) is 6.92 Å². The molecule has 7 nitrogen and oxygen atoms in total. The molecule has 2 aromatic heterocycles. The standard InChI is InChI=1S/C10H13N5O2S/c1-6-8(9(16)17-3)18-10(13-6)11-4-7-12-5-15(2)14-7/h5H,4H2,1-3H3,(H,11,13). The molecule has 18 heavy (non-hydrogen) atoms. The highest BCUT2D eigenvalue weighted by Gasteiger charge is 2.15. The number of thiazole rings is 1. The molecule has 2 aromatic rings. The molecule has 0 spiro atoms. The number of methoxy groups -OCH3 is 1. The number of carbonyl (C=O) groups is 1. The molecule has 1 N–H and O–H groups in total. The van der Waals surface area contributed by atoms with E-state index in [9.17, 15) is 4.79 Å². The van der Waals surface area contributed by atoms with Gasteiger partial charge in [0.2, 0.25) is 0 Å². The Morgan fingerprint density at radius 3 is 3.00 bits per heavy atom. The van der Waals surface area contributed by atoms with E-state index in [1.807, 2.05) is 0 Å². The van der Waals surface area contributed by atoms with Gasteiger partial charge in [0, 0.05) is 7.05 Å². The molecule has 0 aliphatic rings. The summed E-state index contributed by atoms with van der Waals surface area (Å²) in [7, 11) is 3.16. The van der Waals surface area contributed by atoms with Crippen molar-refractivity contribution in [3.63, 3.8) is 0 Å². The third kappa shape index (κ3) is 2.65. The summed E-state index contributed by atoms with van der Waals surface area (Å²) in [6.45, 7) is 2.24. The van der Waals surface area contributed by atoms with Gasteiger partial charge in [0.15, 0.2) is 11.0 Å². The first-order valence-corrected chi connectivity index (χ1v) is 6.06. The quantitative estimate of drug-likeness (QED) is 0.831. The highest BCUT2D eigenvalue weighted by molar-refractivity contribution is 7.17. The summed E-state index contributed by atoms with van der Waals surface area (Å²) in [4.78, 5) is 20.3. The Balaban J connectivity index is 2.04. The largest absolute Gasteiger partial charge is 0.465 e. The average molecular weight is 267 g/mol. The number of hydrogen-bond donors (Lipinski definition) is 1. The third-order valence-corrected chi connectivity index (χ3v) is 3.31. The average Bonchev–Trinajstić information content (AvgIpc) is 2.92. The number of esters is 1. The number of aryl methyl sites for hydroxylation is 2. The smallest absolute Gasteiger partial charge is 0.350 e. The zero-order valence-corrected chi connectivity index (χ0v) is 11.1. The van der Waals surface area contributed by atoms with Gasteiger partial charge < -0.3 is 10.1 Å². The molecule has 0 saturated carbocycles. The fourth-order valence-electron chi connectivity index (χ4n) is 1.37. The van der Waals surface area contributed by atoms with Crippen LogP contribution in [-0.4, -0.2) is 32.8 Å². The van der Waals surface area contributed by atoms with Crippen molar-refractivity contribution in [1.82, 2.24) is 19.7 Å². The van der Waals surface area contributed by atoms with Crippen molar-refractivity contribution in [2.45, 2.75) is 13.5 Å². The van der Waals surface area contributed by atoms with E-state index in [2.05, 4.69) is 25.1 Å². The molecular formula is C10H13N5O2S. The Morgan fingerprint density at radius 1 is 1.61 bits per heavy atom. The highest BCUT2D eigenvalue weighted by Crippen LogP contribution is 2.23. The third-order valence-electron chi connectivity index (χ3n) is 2.21. The van der Waals surface area contributed by atoms with E-state index in [0.29, 0.717) is 28.1 Å². The predicted molar refractivity (Wildman–Crippen MR) is 66.5 cm³/mol. The molecule has 0 fully saturated rings. The Bertz CT molecular complexity index is 562. The molecule has 0 saturated heterocycles. The monoisotopic (exact) mass is 267 g/mol. The summed E-state index contributed by atoms with van der Waals surface area (Å²) in [6, 6.07) is 0. The first-order valence-electron chi connectivity index (χ1n) is 5.24. The first-order chi connectivity index (χ1) is 8.60. The van der Waals surface area contributed by atoms with Gasteiger partial charge >= 0.3 is 5.97 Å². The normalized spacial score (nSPS) is 10.4. The summed E-state index contributed by atoms with van der Waals surface area (Å²) in [5.74, 6) is 0.305. The van der Waals surface area contributed by atoms with Crippen LogP contribution in [0.15, 0.2) is 6.33 Å². The van der Waals surface area contributed by atoms with E-state index in [1.165, 1.54) is 18.4 Å². The van der Waals surface area contributed by atoms with Crippen LogP contribution in [0.5, 0.6) is 0 Å². The lowest BCUT2D eigenvalue weighted by molar-refractivity contribution is 0.0605. The van der Waals surface area contributed by atoms with Gasteiger partial charge in [-0.15, -0.1) is 0 Å². The molecule has 96 valence electrons. The number of nitrogens with one attached hydrogen (secondary N) is 1. The summed E-state index contributed by atoms with van der Waals surface area (Å²) >= 11 is 1.26. The molecule has 0 atom stereocenters. The maximum Gasteiger partial charge on any atom is 0.350 e. The van der Waals surface area contributed by atoms with Crippen LogP contribution in [0.1, 0.15) is 21.2 Å². The zero-order chi connectivity index (χ0) is 13.1. The van der Waals surface area contributed by atoms with Crippen LogP contribution in [0.4, 0.5) is 5.13 Å². The number of nitrogens with zero attached hydrogens (tertiary/aromatic N) is 4. The molecule has 0 amide bonds. The molecule has 0 bridgehead atoms. The number of carbonyl (C=O) groups excluding carboxylic acids is 1. The molecule has 2 heterocycles. The van der Waals surface area contributed by atoms with Crippen molar-refractivity contribution < 1.29 is 9.53 Å². The second-order valence-electron chi connectivity index (χ2n) is 3.61. The van der Waals surface area contributed by atoms with E-state index >= 15 is 0 Å². The minimum atomic E-state index is -0.367. The van der Waals surface area contributed by atoms with Gasteiger partial charge in [-0.25, -0.2) is 14.8 Å². The van der Waals surface area contributed by atoms with Gasteiger partial charge in [-0.1, -0.05) is 11.3 Å². The van der Waals surface area contributed by atoms with Crippen LogP contribution < -0.4 is 5.32 Å². The predicted octanol–water partition coefficient (Wildman–Crippen LogP) is 0.979. The topological polar surface area (TPSA) is 81.9 Å².